The van der Waals surface area contributed by atoms with Crippen molar-refractivity contribution in [3.8, 4) is 5.75 Å². The van der Waals surface area contributed by atoms with Crippen LogP contribution in [-0.4, -0.2) is 24.2 Å². The second-order valence-electron chi connectivity index (χ2n) is 4.81. The third-order valence-electron chi connectivity index (χ3n) is 3.85. The number of sulfone groups is 1. The Morgan fingerprint density at radius 1 is 1.22 bits per heavy atom. The highest BCUT2D eigenvalue weighted by Crippen LogP contribution is 2.48. The number of carbonyl (C=O) groups excluding carboxylic acids is 1. The first-order valence-corrected chi connectivity index (χ1v) is 7.35. The topological polar surface area (TPSA) is 83.5 Å². The maximum absolute atomic E-state index is 12.6. The average molecular weight is 267 g/mol. The summed E-state index contributed by atoms with van der Waals surface area (Å²) in [6, 6.07) is 4.33. The van der Waals surface area contributed by atoms with Gasteiger partial charge >= 0.3 is 0 Å². The van der Waals surface area contributed by atoms with Gasteiger partial charge in [0.15, 0.2) is 14.6 Å². The highest BCUT2D eigenvalue weighted by molar-refractivity contribution is 7.94. The molecule has 0 unspecified atom stereocenters. The maximum Gasteiger partial charge on any atom is 0.246 e. The van der Waals surface area contributed by atoms with E-state index in [0.29, 0.717) is 12.8 Å². The number of anilines is 1. The number of phenols is 1. The minimum Gasteiger partial charge on any atom is -0.507 e. The largest absolute Gasteiger partial charge is 0.507 e. The lowest BCUT2D eigenvalue weighted by atomic mass is 10.1. The van der Waals surface area contributed by atoms with Crippen molar-refractivity contribution >= 4 is 21.4 Å². The first-order chi connectivity index (χ1) is 8.49. The molecule has 1 spiro atoms. The van der Waals surface area contributed by atoms with Crippen molar-refractivity contribution in [2.24, 2.45) is 0 Å². The molecule has 1 aromatic rings. The van der Waals surface area contributed by atoms with Crippen LogP contribution in [0.5, 0.6) is 5.75 Å². The van der Waals surface area contributed by atoms with Crippen molar-refractivity contribution in [1.82, 2.24) is 0 Å². The van der Waals surface area contributed by atoms with E-state index in [1.807, 2.05) is 0 Å². The fourth-order valence-electron chi connectivity index (χ4n) is 2.90. The van der Waals surface area contributed by atoms with Crippen LogP contribution in [0.25, 0.3) is 0 Å². The average Bonchev–Trinajstić information content (AvgIpc) is 2.77. The second-order valence-corrected chi connectivity index (χ2v) is 7.01. The molecule has 1 heterocycles. The van der Waals surface area contributed by atoms with E-state index in [4.69, 9.17) is 0 Å². The van der Waals surface area contributed by atoms with Gasteiger partial charge in [0.05, 0.1) is 5.69 Å². The zero-order chi connectivity index (χ0) is 13.0. The van der Waals surface area contributed by atoms with E-state index in [-0.39, 0.29) is 16.3 Å². The summed E-state index contributed by atoms with van der Waals surface area (Å²) in [5.41, 5.74) is 0.178. The van der Waals surface area contributed by atoms with E-state index in [2.05, 4.69) is 5.32 Å². The Hall–Kier alpha value is -1.56. The molecule has 2 N–H and O–H groups in total. The standard InChI is InChI=1S/C12H13NO4S/c14-9-5-3-4-8-10(9)18(16,17)12(11(15)13-8)6-1-2-7-12/h3-5,14H,1-2,6-7H2,(H,13,15). The Labute approximate surface area is 105 Å². The molecule has 1 saturated carbocycles. The van der Waals surface area contributed by atoms with Crippen LogP contribution in [0, 0.1) is 0 Å². The molecule has 3 rings (SSSR count). The van der Waals surface area contributed by atoms with E-state index in [0.717, 1.165) is 12.8 Å². The summed E-state index contributed by atoms with van der Waals surface area (Å²) in [7, 11) is -3.82. The molecule has 1 amide bonds. The van der Waals surface area contributed by atoms with Crippen molar-refractivity contribution in [3.05, 3.63) is 18.2 Å². The Kier molecular flexibility index (Phi) is 2.22. The van der Waals surface area contributed by atoms with Gasteiger partial charge in [0.2, 0.25) is 5.91 Å². The minimum atomic E-state index is -3.82. The molecule has 0 bridgehead atoms. The van der Waals surface area contributed by atoms with Crippen LogP contribution in [0.3, 0.4) is 0 Å². The molecule has 0 saturated heterocycles. The monoisotopic (exact) mass is 267 g/mol. The predicted molar refractivity (Wildman–Crippen MR) is 65.1 cm³/mol. The van der Waals surface area contributed by atoms with Crippen LogP contribution in [0.4, 0.5) is 5.69 Å². The number of phenolic OH excluding ortho intramolecular Hbond substituents is 1. The second kappa shape index (κ2) is 3.47. The normalized spacial score (nSPS) is 23.7. The number of rotatable bonds is 0. The lowest BCUT2D eigenvalue weighted by molar-refractivity contribution is -0.118. The summed E-state index contributed by atoms with van der Waals surface area (Å²) in [6.07, 6.45) is 2.09. The maximum atomic E-state index is 12.6. The lowest BCUT2D eigenvalue weighted by Crippen LogP contribution is -2.50. The van der Waals surface area contributed by atoms with Gasteiger partial charge in [-0.05, 0) is 25.0 Å². The SMILES string of the molecule is O=C1Nc2cccc(O)c2S(=O)(=O)C12CCCC2. The predicted octanol–water partition coefficient (Wildman–Crippen LogP) is 1.43. The van der Waals surface area contributed by atoms with Crippen LogP contribution >= 0.6 is 0 Å². The quantitative estimate of drug-likeness (QED) is 0.745. The molecular formula is C12H13NO4S. The van der Waals surface area contributed by atoms with Gasteiger partial charge in [0.25, 0.3) is 0 Å². The van der Waals surface area contributed by atoms with Gasteiger partial charge in [-0.25, -0.2) is 8.42 Å². The van der Waals surface area contributed by atoms with Gasteiger partial charge in [-0.3, -0.25) is 4.79 Å². The molecule has 1 fully saturated rings. The molecule has 6 heteroatoms. The van der Waals surface area contributed by atoms with Gasteiger partial charge in [-0.2, -0.15) is 0 Å². The van der Waals surface area contributed by atoms with Crippen molar-refractivity contribution in [2.45, 2.75) is 35.3 Å². The fraction of sp³-hybridized carbons (Fsp3) is 0.417. The summed E-state index contributed by atoms with van der Waals surface area (Å²) < 4.78 is 23.9. The zero-order valence-corrected chi connectivity index (χ0v) is 10.5. The Morgan fingerprint density at radius 2 is 1.89 bits per heavy atom. The molecule has 5 nitrogen and oxygen atoms in total. The van der Waals surface area contributed by atoms with Crippen molar-refractivity contribution in [2.75, 3.05) is 5.32 Å². The lowest BCUT2D eigenvalue weighted by Gasteiger charge is -2.33. The Morgan fingerprint density at radius 3 is 2.56 bits per heavy atom. The van der Waals surface area contributed by atoms with E-state index < -0.39 is 20.5 Å². The van der Waals surface area contributed by atoms with Crippen molar-refractivity contribution in [3.63, 3.8) is 0 Å². The summed E-state index contributed by atoms with van der Waals surface area (Å²) in [5.74, 6) is -0.753. The van der Waals surface area contributed by atoms with Gasteiger partial charge in [-0.15, -0.1) is 0 Å². The van der Waals surface area contributed by atoms with Gasteiger partial charge < -0.3 is 10.4 Å². The molecule has 0 radical (unpaired) electrons. The molecular weight excluding hydrogens is 254 g/mol. The summed E-state index contributed by atoms with van der Waals surface area (Å²) in [5, 5.41) is 12.4. The van der Waals surface area contributed by atoms with Crippen molar-refractivity contribution in [1.29, 1.82) is 0 Å². The minimum absolute atomic E-state index is 0.133. The molecule has 1 aliphatic carbocycles. The molecule has 0 atom stereocenters. The van der Waals surface area contributed by atoms with Crippen LogP contribution in [0.2, 0.25) is 0 Å². The van der Waals surface area contributed by atoms with E-state index >= 15 is 0 Å². The molecule has 2 aliphatic rings. The molecule has 0 aromatic heterocycles. The highest BCUT2D eigenvalue weighted by Gasteiger charge is 2.57. The van der Waals surface area contributed by atoms with Crippen molar-refractivity contribution < 1.29 is 18.3 Å². The number of hydrogen-bond donors (Lipinski definition) is 2. The smallest absolute Gasteiger partial charge is 0.246 e. The summed E-state index contributed by atoms with van der Waals surface area (Å²) >= 11 is 0. The highest BCUT2D eigenvalue weighted by atomic mass is 32.2. The first-order valence-electron chi connectivity index (χ1n) is 5.87. The van der Waals surface area contributed by atoms with Crippen LogP contribution < -0.4 is 5.32 Å². The van der Waals surface area contributed by atoms with Crippen LogP contribution in [0.1, 0.15) is 25.7 Å². The number of hydrogen-bond acceptors (Lipinski definition) is 4. The fourth-order valence-corrected chi connectivity index (χ4v) is 5.17. The van der Waals surface area contributed by atoms with Crippen LogP contribution in [0.15, 0.2) is 23.1 Å². The number of aromatic hydroxyl groups is 1. The third kappa shape index (κ3) is 1.21. The van der Waals surface area contributed by atoms with E-state index in [9.17, 15) is 18.3 Å². The molecule has 18 heavy (non-hydrogen) atoms. The summed E-state index contributed by atoms with van der Waals surface area (Å²) in [4.78, 5) is 12.0. The van der Waals surface area contributed by atoms with Gasteiger partial charge in [0.1, 0.15) is 10.6 Å². The first kappa shape index (κ1) is 11.5. The molecule has 1 aromatic carbocycles. The Bertz CT molecular complexity index is 629. The number of carbonyl (C=O) groups is 1. The number of benzene rings is 1. The van der Waals surface area contributed by atoms with Crippen LogP contribution in [-0.2, 0) is 14.6 Å². The van der Waals surface area contributed by atoms with Gasteiger partial charge in [0, 0.05) is 0 Å². The Balaban J connectivity index is 2.32. The zero-order valence-electron chi connectivity index (χ0n) is 9.64. The number of amides is 1. The van der Waals surface area contributed by atoms with E-state index in [1.165, 1.54) is 18.2 Å². The number of nitrogens with one attached hydrogen (secondary N) is 1. The molecule has 1 aliphatic heterocycles. The van der Waals surface area contributed by atoms with E-state index in [1.54, 1.807) is 0 Å². The number of fused-ring (bicyclic) bond motifs is 1. The molecule has 96 valence electrons. The van der Waals surface area contributed by atoms with Gasteiger partial charge in [-0.1, -0.05) is 18.9 Å². The third-order valence-corrected chi connectivity index (χ3v) is 6.44. The summed E-state index contributed by atoms with van der Waals surface area (Å²) in [6.45, 7) is 0.